The summed E-state index contributed by atoms with van der Waals surface area (Å²) >= 11 is 1.44. The van der Waals surface area contributed by atoms with Gasteiger partial charge in [-0.15, -0.1) is 11.3 Å². The molecule has 22 heavy (non-hydrogen) atoms. The van der Waals surface area contributed by atoms with Crippen molar-refractivity contribution in [2.45, 2.75) is 13.8 Å². The van der Waals surface area contributed by atoms with Crippen LogP contribution in [0.1, 0.15) is 21.6 Å². The number of aromatic nitrogens is 1. The summed E-state index contributed by atoms with van der Waals surface area (Å²) in [6.07, 6.45) is 0. The van der Waals surface area contributed by atoms with E-state index >= 15 is 0 Å². The molecule has 0 aliphatic carbocycles. The molecule has 4 heteroatoms. The van der Waals surface area contributed by atoms with E-state index in [0.29, 0.717) is 11.4 Å². The van der Waals surface area contributed by atoms with Crippen LogP contribution in [-0.4, -0.2) is 11.0 Å². The van der Waals surface area contributed by atoms with Gasteiger partial charge in [0.15, 0.2) is 5.69 Å². The van der Waals surface area contributed by atoms with Crippen LogP contribution in [0.25, 0.3) is 10.6 Å². The lowest BCUT2D eigenvalue weighted by molar-refractivity contribution is 0.0728. The lowest BCUT2D eigenvalue weighted by Crippen LogP contribution is -2.09. The number of aryl methyl sites for hydroxylation is 2. The van der Waals surface area contributed by atoms with Crippen LogP contribution in [0.4, 0.5) is 0 Å². The molecule has 0 aliphatic rings. The summed E-state index contributed by atoms with van der Waals surface area (Å²) in [5.74, 6) is 0.148. The van der Waals surface area contributed by atoms with Crippen molar-refractivity contribution < 1.29 is 9.53 Å². The molecule has 0 fully saturated rings. The van der Waals surface area contributed by atoms with Gasteiger partial charge in [-0.25, -0.2) is 9.78 Å². The van der Waals surface area contributed by atoms with Crippen molar-refractivity contribution >= 4 is 17.3 Å². The number of hydrogen-bond donors (Lipinski definition) is 0. The molecule has 3 aromatic rings. The van der Waals surface area contributed by atoms with E-state index in [-0.39, 0.29) is 0 Å². The van der Waals surface area contributed by atoms with Crippen LogP contribution in [0.2, 0.25) is 0 Å². The topological polar surface area (TPSA) is 39.2 Å². The number of benzene rings is 2. The number of hydrogen-bond acceptors (Lipinski definition) is 4. The lowest BCUT2D eigenvalue weighted by Gasteiger charge is -2.06. The minimum atomic E-state index is -0.426. The van der Waals surface area contributed by atoms with Crippen LogP contribution < -0.4 is 4.74 Å². The van der Waals surface area contributed by atoms with Gasteiger partial charge in [-0.3, -0.25) is 0 Å². The Hall–Kier alpha value is -2.46. The van der Waals surface area contributed by atoms with Crippen LogP contribution in [-0.2, 0) is 0 Å². The van der Waals surface area contributed by atoms with Gasteiger partial charge in [0.05, 0.1) is 0 Å². The van der Waals surface area contributed by atoms with E-state index in [0.717, 1.165) is 21.7 Å². The second-order valence-corrected chi connectivity index (χ2v) is 5.92. The smallest absolute Gasteiger partial charge is 0.363 e. The Morgan fingerprint density at radius 3 is 2.59 bits per heavy atom. The number of carbonyl (C=O) groups is 1. The summed E-state index contributed by atoms with van der Waals surface area (Å²) < 4.78 is 5.44. The van der Waals surface area contributed by atoms with Crippen LogP contribution in [0.5, 0.6) is 5.75 Å². The average molecular weight is 309 g/mol. The highest BCUT2D eigenvalue weighted by atomic mass is 32.1. The molecule has 1 heterocycles. The number of esters is 1. The van der Waals surface area contributed by atoms with Crippen LogP contribution >= 0.6 is 11.3 Å². The SMILES string of the molecule is Cc1ccc(OC(=O)c2csc(-c3ccccc3)n2)c(C)c1. The molecule has 3 rings (SSSR count). The van der Waals surface area contributed by atoms with Crippen molar-refractivity contribution in [3.63, 3.8) is 0 Å². The summed E-state index contributed by atoms with van der Waals surface area (Å²) in [5.41, 5.74) is 3.41. The molecular formula is C18H15NO2S. The number of ether oxygens (including phenoxy) is 1. The van der Waals surface area contributed by atoms with Crippen molar-refractivity contribution in [2.75, 3.05) is 0 Å². The van der Waals surface area contributed by atoms with Crippen LogP contribution in [0.15, 0.2) is 53.9 Å². The molecule has 0 radical (unpaired) electrons. The molecule has 0 spiro atoms. The highest BCUT2D eigenvalue weighted by Crippen LogP contribution is 2.25. The first-order valence-corrected chi connectivity index (χ1v) is 7.82. The van der Waals surface area contributed by atoms with Crippen molar-refractivity contribution in [1.29, 1.82) is 0 Å². The molecule has 110 valence electrons. The Balaban J connectivity index is 1.80. The molecule has 0 bridgehead atoms. The first-order chi connectivity index (χ1) is 10.6. The van der Waals surface area contributed by atoms with Gasteiger partial charge in [0.2, 0.25) is 0 Å². The van der Waals surface area contributed by atoms with Gasteiger partial charge in [0.1, 0.15) is 10.8 Å². The number of nitrogens with zero attached hydrogens (tertiary/aromatic N) is 1. The zero-order valence-electron chi connectivity index (χ0n) is 12.4. The third-order valence-corrected chi connectivity index (χ3v) is 4.16. The predicted octanol–water partition coefficient (Wildman–Crippen LogP) is 4.65. The van der Waals surface area contributed by atoms with E-state index in [2.05, 4.69) is 4.98 Å². The number of thiazole rings is 1. The van der Waals surface area contributed by atoms with E-state index in [1.165, 1.54) is 11.3 Å². The molecule has 0 saturated carbocycles. The Bertz CT molecular complexity index is 809. The Morgan fingerprint density at radius 2 is 1.86 bits per heavy atom. The summed E-state index contributed by atoms with van der Waals surface area (Å²) in [4.78, 5) is 16.6. The third kappa shape index (κ3) is 3.07. The zero-order chi connectivity index (χ0) is 15.5. The molecule has 0 aliphatic heterocycles. The fourth-order valence-electron chi connectivity index (χ4n) is 2.15. The lowest BCUT2D eigenvalue weighted by atomic mass is 10.1. The monoisotopic (exact) mass is 309 g/mol. The normalized spacial score (nSPS) is 10.5. The highest BCUT2D eigenvalue weighted by Gasteiger charge is 2.15. The summed E-state index contributed by atoms with van der Waals surface area (Å²) in [5, 5.41) is 2.54. The van der Waals surface area contributed by atoms with Crippen molar-refractivity contribution in [2.24, 2.45) is 0 Å². The van der Waals surface area contributed by atoms with Gasteiger partial charge in [0, 0.05) is 10.9 Å². The molecular weight excluding hydrogens is 294 g/mol. The fourth-order valence-corrected chi connectivity index (χ4v) is 2.94. The second kappa shape index (κ2) is 6.12. The Labute approximate surface area is 133 Å². The maximum absolute atomic E-state index is 12.2. The minimum Gasteiger partial charge on any atom is -0.422 e. The van der Waals surface area contributed by atoms with E-state index in [1.807, 2.05) is 62.4 Å². The molecule has 0 unspecified atom stereocenters. The zero-order valence-corrected chi connectivity index (χ0v) is 13.2. The maximum Gasteiger partial charge on any atom is 0.363 e. The third-order valence-electron chi connectivity index (χ3n) is 3.27. The van der Waals surface area contributed by atoms with Gasteiger partial charge in [-0.05, 0) is 25.5 Å². The fraction of sp³-hybridized carbons (Fsp3) is 0.111. The summed E-state index contributed by atoms with van der Waals surface area (Å²) in [6.45, 7) is 3.93. The molecule has 1 aromatic heterocycles. The Kier molecular flexibility index (Phi) is 4.02. The standard InChI is InChI=1S/C18H15NO2S/c1-12-8-9-16(13(2)10-12)21-18(20)15-11-22-17(19-15)14-6-4-3-5-7-14/h3-11H,1-2H3. The van der Waals surface area contributed by atoms with E-state index in [4.69, 9.17) is 4.74 Å². The van der Waals surface area contributed by atoms with Crippen molar-refractivity contribution in [3.8, 4) is 16.3 Å². The molecule has 0 saturated heterocycles. The molecule has 0 atom stereocenters. The summed E-state index contributed by atoms with van der Waals surface area (Å²) in [7, 11) is 0. The number of carbonyl (C=O) groups excluding carboxylic acids is 1. The van der Waals surface area contributed by atoms with E-state index < -0.39 is 5.97 Å². The minimum absolute atomic E-state index is 0.337. The highest BCUT2D eigenvalue weighted by molar-refractivity contribution is 7.13. The molecule has 0 amide bonds. The largest absolute Gasteiger partial charge is 0.422 e. The second-order valence-electron chi connectivity index (χ2n) is 5.06. The maximum atomic E-state index is 12.2. The van der Waals surface area contributed by atoms with Gasteiger partial charge in [0.25, 0.3) is 0 Å². The van der Waals surface area contributed by atoms with Gasteiger partial charge in [-0.1, -0.05) is 48.0 Å². The van der Waals surface area contributed by atoms with E-state index in [1.54, 1.807) is 5.38 Å². The first-order valence-electron chi connectivity index (χ1n) is 6.94. The molecule has 2 aromatic carbocycles. The van der Waals surface area contributed by atoms with Crippen molar-refractivity contribution in [1.82, 2.24) is 4.98 Å². The van der Waals surface area contributed by atoms with Crippen molar-refractivity contribution in [3.05, 3.63) is 70.7 Å². The van der Waals surface area contributed by atoms with Gasteiger partial charge >= 0.3 is 5.97 Å². The average Bonchev–Trinajstić information content (AvgIpc) is 3.01. The predicted molar refractivity (Wildman–Crippen MR) is 88.4 cm³/mol. The Morgan fingerprint density at radius 1 is 1.09 bits per heavy atom. The van der Waals surface area contributed by atoms with Crippen LogP contribution in [0, 0.1) is 13.8 Å². The first kappa shape index (κ1) is 14.5. The van der Waals surface area contributed by atoms with Gasteiger partial charge in [-0.2, -0.15) is 0 Å². The van der Waals surface area contributed by atoms with Crippen LogP contribution in [0.3, 0.4) is 0 Å². The molecule has 3 nitrogen and oxygen atoms in total. The van der Waals surface area contributed by atoms with E-state index in [9.17, 15) is 4.79 Å². The number of rotatable bonds is 3. The quantitative estimate of drug-likeness (QED) is 0.522. The molecule has 0 N–H and O–H groups in total. The van der Waals surface area contributed by atoms with Gasteiger partial charge < -0.3 is 4.74 Å². The summed E-state index contributed by atoms with van der Waals surface area (Å²) in [6, 6.07) is 15.5.